The van der Waals surface area contributed by atoms with Crippen LogP contribution in [0.25, 0.3) is 0 Å². The van der Waals surface area contributed by atoms with Crippen molar-refractivity contribution >= 4 is 28.3 Å². The van der Waals surface area contributed by atoms with Crippen molar-refractivity contribution in [3.63, 3.8) is 0 Å². The van der Waals surface area contributed by atoms with Gasteiger partial charge in [-0.15, -0.1) is 10.2 Å². The van der Waals surface area contributed by atoms with Crippen LogP contribution in [0.2, 0.25) is 0 Å². The number of aliphatic hydroxyl groups is 1. The SMILES string of the molecule is Cc1nnc(N2CC(C(=O)N3CCC(O)CC3)CC2=O)s1. The fraction of sp³-hybridized carbons (Fsp3) is 0.692. The molecule has 0 saturated carbocycles. The van der Waals surface area contributed by atoms with E-state index in [9.17, 15) is 14.7 Å². The molecule has 1 atom stereocenters. The van der Waals surface area contributed by atoms with Gasteiger partial charge in [0, 0.05) is 26.1 Å². The minimum Gasteiger partial charge on any atom is -0.393 e. The van der Waals surface area contributed by atoms with Crippen molar-refractivity contribution in [2.75, 3.05) is 24.5 Å². The summed E-state index contributed by atoms with van der Waals surface area (Å²) in [5.74, 6) is -0.363. The maximum Gasteiger partial charge on any atom is 0.229 e. The first-order chi connectivity index (χ1) is 10.0. The lowest BCUT2D eigenvalue weighted by molar-refractivity contribution is -0.137. The molecule has 0 aromatic carbocycles. The largest absolute Gasteiger partial charge is 0.393 e. The number of piperidine rings is 1. The Bertz CT molecular complexity index is 553. The standard InChI is InChI=1S/C13H18N4O3S/c1-8-14-15-13(21-8)17-7-9(6-11(17)19)12(20)16-4-2-10(18)3-5-16/h9-10,18H,2-7H2,1H3. The minimum atomic E-state index is -0.308. The predicted octanol–water partition coefficient (Wildman–Crippen LogP) is 0.183. The molecule has 0 spiro atoms. The number of likely N-dealkylation sites (tertiary alicyclic amines) is 1. The van der Waals surface area contributed by atoms with E-state index in [-0.39, 0.29) is 30.3 Å². The number of aliphatic hydroxyl groups excluding tert-OH is 1. The van der Waals surface area contributed by atoms with E-state index in [0.717, 1.165) is 5.01 Å². The van der Waals surface area contributed by atoms with Gasteiger partial charge in [0.15, 0.2) is 0 Å². The van der Waals surface area contributed by atoms with Gasteiger partial charge in [-0.1, -0.05) is 11.3 Å². The van der Waals surface area contributed by atoms with Crippen molar-refractivity contribution in [1.29, 1.82) is 0 Å². The highest BCUT2D eigenvalue weighted by molar-refractivity contribution is 7.15. The number of carbonyl (C=O) groups is 2. The topological polar surface area (TPSA) is 86.6 Å². The van der Waals surface area contributed by atoms with E-state index in [1.807, 2.05) is 6.92 Å². The quantitative estimate of drug-likeness (QED) is 0.842. The fourth-order valence-corrected chi connectivity index (χ4v) is 3.51. The lowest BCUT2D eigenvalue weighted by atomic mass is 10.0. The molecule has 1 N–H and O–H groups in total. The second kappa shape index (κ2) is 5.69. The Balaban J connectivity index is 1.65. The number of aromatic nitrogens is 2. The number of hydrogen-bond acceptors (Lipinski definition) is 6. The minimum absolute atomic E-state index is 0.0130. The van der Waals surface area contributed by atoms with Gasteiger partial charge in [-0.3, -0.25) is 14.5 Å². The average molecular weight is 310 g/mol. The molecule has 0 radical (unpaired) electrons. The van der Waals surface area contributed by atoms with Crippen LogP contribution in [0.5, 0.6) is 0 Å². The van der Waals surface area contributed by atoms with Gasteiger partial charge in [-0.25, -0.2) is 0 Å². The third-order valence-electron chi connectivity index (χ3n) is 4.00. The molecule has 0 aliphatic carbocycles. The number of hydrogen-bond donors (Lipinski definition) is 1. The van der Waals surface area contributed by atoms with Crippen LogP contribution in [0.15, 0.2) is 0 Å². The van der Waals surface area contributed by atoms with Gasteiger partial charge in [-0.05, 0) is 19.8 Å². The van der Waals surface area contributed by atoms with Crippen molar-refractivity contribution < 1.29 is 14.7 Å². The van der Waals surface area contributed by atoms with Gasteiger partial charge in [0.25, 0.3) is 0 Å². The molecule has 8 heteroatoms. The zero-order valence-electron chi connectivity index (χ0n) is 11.9. The van der Waals surface area contributed by atoms with E-state index >= 15 is 0 Å². The Hall–Kier alpha value is -1.54. The van der Waals surface area contributed by atoms with Gasteiger partial charge in [-0.2, -0.15) is 0 Å². The molecule has 2 saturated heterocycles. The molecular weight excluding hydrogens is 292 g/mol. The summed E-state index contributed by atoms with van der Waals surface area (Å²) >= 11 is 1.36. The molecule has 1 unspecified atom stereocenters. The highest BCUT2D eigenvalue weighted by Crippen LogP contribution is 2.29. The molecular formula is C13H18N4O3S. The van der Waals surface area contributed by atoms with Crippen LogP contribution >= 0.6 is 11.3 Å². The molecule has 2 fully saturated rings. The highest BCUT2D eigenvalue weighted by Gasteiger charge is 2.39. The van der Waals surface area contributed by atoms with Crippen LogP contribution in [0.3, 0.4) is 0 Å². The van der Waals surface area contributed by atoms with Crippen LogP contribution < -0.4 is 4.90 Å². The maximum atomic E-state index is 12.5. The predicted molar refractivity (Wildman–Crippen MR) is 76.9 cm³/mol. The van der Waals surface area contributed by atoms with Gasteiger partial charge in [0.2, 0.25) is 16.9 Å². The molecule has 2 aliphatic rings. The number of amides is 2. The summed E-state index contributed by atoms with van der Waals surface area (Å²) in [6.45, 7) is 3.36. The zero-order chi connectivity index (χ0) is 15.0. The first-order valence-corrected chi connectivity index (χ1v) is 7.93. The Morgan fingerprint density at radius 2 is 2.05 bits per heavy atom. The first-order valence-electron chi connectivity index (χ1n) is 7.12. The third-order valence-corrected chi connectivity index (χ3v) is 4.86. The summed E-state index contributed by atoms with van der Waals surface area (Å²) in [5.41, 5.74) is 0. The van der Waals surface area contributed by atoms with E-state index in [1.165, 1.54) is 11.3 Å². The maximum absolute atomic E-state index is 12.5. The molecule has 21 heavy (non-hydrogen) atoms. The second-order valence-electron chi connectivity index (χ2n) is 5.57. The van der Waals surface area contributed by atoms with Gasteiger partial charge >= 0.3 is 0 Å². The van der Waals surface area contributed by atoms with Crippen LogP contribution in [0.4, 0.5) is 5.13 Å². The smallest absolute Gasteiger partial charge is 0.229 e. The van der Waals surface area contributed by atoms with E-state index in [1.54, 1.807) is 9.80 Å². The Kier molecular flexibility index (Phi) is 3.90. The summed E-state index contributed by atoms with van der Waals surface area (Å²) in [5, 5.41) is 18.8. The average Bonchev–Trinajstić information content (AvgIpc) is 3.05. The second-order valence-corrected chi connectivity index (χ2v) is 6.73. The Morgan fingerprint density at radius 1 is 1.33 bits per heavy atom. The van der Waals surface area contributed by atoms with E-state index in [2.05, 4.69) is 10.2 Å². The van der Waals surface area contributed by atoms with Crippen molar-refractivity contribution in [3.05, 3.63) is 5.01 Å². The third kappa shape index (κ3) is 2.91. The first kappa shape index (κ1) is 14.4. The lowest BCUT2D eigenvalue weighted by Crippen LogP contribution is -2.43. The summed E-state index contributed by atoms with van der Waals surface area (Å²) in [4.78, 5) is 27.9. The number of nitrogens with zero attached hydrogens (tertiary/aromatic N) is 4. The summed E-state index contributed by atoms with van der Waals surface area (Å²) in [6, 6.07) is 0. The number of aryl methyl sites for hydroxylation is 1. The summed E-state index contributed by atoms with van der Waals surface area (Å²) in [7, 11) is 0. The van der Waals surface area contributed by atoms with E-state index < -0.39 is 0 Å². The summed E-state index contributed by atoms with van der Waals surface area (Å²) < 4.78 is 0. The zero-order valence-corrected chi connectivity index (χ0v) is 12.7. The Morgan fingerprint density at radius 3 is 2.67 bits per heavy atom. The monoisotopic (exact) mass is 310 g/mol. The number of anilines is 1. The fourth-order valence-electron chi connectivity index (χ4n) is 2.80. The molecule has 114 valence electrons. The lowest BCUT2D eigenvalue weighted by Gasteiger charge is -2.31. The molecule has 7 nitrogen and oxygen atoms in total. The van der Waals surface area contributed by atoms with Gasteiger partial charge in [0.05, 0.1) is 12.0 Å². The van der Waals surface area contributed by atoms with Crippen molar-refractivity contribution in [2.45, 2.75) is 32.3 Å². The van der Waals surface area contributed by atoms with Crippen LogP contribution in [0, 0.1) is 12.8 Å². The number of rotatable bonds is 2. The Labute approximate surface area is 126 Å². The molecule has 2 amide bonds. The van der Waals surface area contributed by atoms with Gasteiger partial charge in [0.1, 0.15) is 5.01 Å². The van der Waals surface area contributed by atoms with Crippen LogP contribution in [-0.2, 0) is 9.59 Å². The highest BCUT2D eigenvalue weighted by atomic mass is 32.1. The number of carbonyl (C=O) groups excluding carboxylic acids is 2. The van der Waals surface area contributed by atoms with Crippen LogP contribution in [-0.4, -0.2) is 57.8 Å². The van der Waals surface area contributed by atoms with Crippen molar-refractivity contribution in [1.82, 2.24) is 15.1 Å². The molecule has 2 aliphatic heterocycles. The molecule has 1 aromatic rings. The van der Waals surface area contributed by atoms with Crippen LogP contribution in [0.1, 0.15) is 24.3 Å². The van der Waals surface area contributed by atoms with Gasteiger partial charge < -0.3 is 10.0 Å². The van der Waals surface area contributed by atoms with E-state index in [0.29, 0.717) is 37.6 Å². The van der Waals surface area contributed by atoms with E-state index in [4.69, 9.17) is 0 Å². The summed E-state index contributed by atoms with van der Waals surface area (Å²) in [6.07, 6.45) is 1.16. The molecule has 3 heterocycles. The molecule has 0 bridgehead atoms. The van der Waals surface area contributed by atoms with Crippen molar-refractivity contribution in [2.24, 2.45) is 5.92 Å². The molecule has 1 aromatic heterocycles. The molecule has 3 rings (SSSR count). The normalized spacial score (nSPS) is 23.9. The van der Waals surface area contributed by atoms with Crippen molar-refractivity contribution in [3.8, 4) is 0 Å².